The van der Waals surface area contributed by atoms with E-state index in [0.717, 1.165) is 11.3 Å². The number of carbonyl (C=O) groups is 1. The third-order valence-electron chi connectivity index (χ3n) is 3.68. The first-order valence-corrected chi connectivity index (χ1v) is 6.70. The van der Waals surface area contributed by atoms with Crippen molar-refractivity contribution in [3.8, 4) is 5.75 Å². The third kappa shape index (κ3) is 3.47. The number of benzene rings is 1. The molecule has 1 amide bonds. The topological polar surface area (TPSA) is 49.8 Å². The maximum Gasteiger partial charge on any atom is 0.223 e. The number of aliphatic hydroxyl groups is 1. The molecular weight excluding hydrogens is 242 g/mol. The van der Waals surface area contributed by atoms with E-state index in [1.807, 2.05) is 31.2 Å². The summed E-state index contributed by atoms with van der Waals surface area (Å²) in [5, 5.41) is 9.45. The van der Waals surface area contributed by atoms with Crippen molar-refractivity contribution in [2.75, 3.05) is 20.2 Å². The molecule has 104 valence electrons. The van der Waals surface area contributed by atoms with E-state index in [1.54, 1.807) is 12.0 Å². The van der Waals surface area contributed by atoms with E-state index in [-0.39, 0.29) is 17.9 Å². The molecule has 2 atom stereocenters. The lowest BCUT2D eigenvalue weighted by Crippen LogP contribution is -2.30. The molecule has 1 aromatic carbocycles. The van der Waals surface area contributed by atoms with Crippen molar-refractivity contribution in [2.24, 2.45) is 0 Å². The second-order valence-corrected chi connectivity index (χ2v) is 5.16. The minimum Gasteiger partial charge on any atom is -0.497 e. The molecule has 0 aromatic heterocycles. The fourth-order valence-electron chi connectivity index (χ4n) is 2.41. The Hall–Kier alpha value is -1.55. The molecular formula is C15H21NO3. The fourth-order valence-corrected chi connectivity index (χ4v) is 2.41. The van der Waals surface area contributed by atoms with Crippen molar-refractivity contribution in [1.29, 1.82) is 0 Å². The van der Waals surface area contributed by atoms with Gasteiger partial charge in [0.15, 0.2) is 0 Å². The standard InChI is InChI=1S/C15H21NO3/c1-11(12-3-5-14(19-2)6-4-12)9-15(18)16-8-7-13(17)10-16/h3-6,11,13,17H,7-10H2,1-2H3/t11-,13+/m1/s1. The summed E-state index contributed by atoms with van der Waals surface area (Å²) in [5.74, 6) is 1.13. The van der Waals surface area contributed by atoms with Gasteiger partial charge in [-0.05, 0) is 30.0 Å². The van der Waals surface area contributed by atoms with Crippen LogP contribution < -0.4 is 4.74 Å². The van der Waals surface area contributed by atoms with Gasteiger partial charge in [-0.1, -0.05) is 19.1 Å². The van der Waals surface area contributed by atoms with Gasteiger partial charge in [-0.3, -0.25) is 4.79 Å². The van der Waals surface area contributed by atoms with Crippen molar-refractivity contribution in [1.82, 2.24) is 4.90 Å². The largest absolute Gasteiger partial charge is 0.497 e. The minimum absolute atomic E-state index is 0.125. The first-order valence-electron chi connectivity index (χ1n) is 6.70. The highest BCUT2D eigenvalue weighted by Gasteiger charge is 2.25. The molecule has 0 bridgehead atoms. The number of aliphatic hydroxyl groups excluding tert-OH is 1. The molecule has 1 fully saturated rings. The van der Waals surface area contributed by atoms with Crippen LogP contribution in [0.3, 0.4) is 0 Å². The first-order chi connectivity index (χ1) is 9.10. The van der Waals surface area contributed by atoms with E-state index in [1.165, 1.54) is 0 Å². The highest BCUT2D eigenvalue weighted by atomic mass is 16.5. The summed E-state index contributed by atoms with van der Waals surface area (Å²) in [6.45, 7) is 3.20. The summed E-state index contributed by atoms with van der Waals surface area (Å²) in [6, 6.07) is 7.82. The van der Waals surface area contributed by atoms with Crippen LogP contribution in [-0.2, 0) is 4.79 Å². The Balaban J connectivity index is 1.92. The van der Waals surface area contributed by atoms with E-state index in [9.17, 15) is 9.90 Å². The number of nitrogens with zero attached hydrogens (tertiary/aromatic N) is 1. The molecule has 4 nitrogen and oxygen atoms in total. The fraction of sp³-hybridized carbons (Fsp3) is 0.533. The molecule has 0 saturated carbocycles. The Morgan fingerprint density at radius 2 is 2.16 bits per heavy atom. The zero-order valence-corrected chi connectivity index (χ0v) is 11.5. The summed E-state index contributed by atoms with van der Waals surface area (Å²) in [7, 11) is 1.64. The van der Waals surface area contributed by atoms with Crippen LogP contribution in [0.5, 0.6) is 5.75 Å². The number of rotatable bonds is 4. The smallest absolute Gasteiger partial charge is 0.223 e. The number of hydrogen-bond acceptors (Lipinski definition) is 3. The number of methoxy groups -OCH3 is 1. The molecule has 0 radical (unpaired) electrons. The van der Waals surface area contributed by atoms with Crippen LogP contribution in [0, 0.1) is 0 Å². The third-order valence-corrected chi connectivity index (χ3v) is 3.68. The van der Waals surface area contributed by atoms with Crippen molar-refractivity contribution >= 4 is 5.91 Å². The summed E-state index contributed by atoms with van der Waals surface area (Å²) < 4.78 is 5.12. The number of amides is 1. The zero-order valence-electron chi connectivity index (χ0n) is 11.5. The predicted octanol–water partition coefficient (Wildman–Crippen LogP) is 1.78. The Morgan fingerprint density at radius 1 is 1.47 bits per heavy atom. The van der Waals surface area contributed by atoms with Crippen molar-refractivity contribution in [3.05, 3.63) is 29.8 Å². The Kier molecular flexibility index (Phi) is 4.43. The molecule has 1 aliphatic rings. The van der Waals surface area contributed by atoms with Gasteiger partial charge in [0, 0.05) is 19.5 Å². The maximum absolute atomic E-state index is 12.1. The summed E-state index contributed by atoms with van der Waals surface area (Å²) in [5.41, 5.74) is 1.13. The van der Waals surface area contributed by atoms with Crippen molar-refractivity contribution < 1.29 is 14.6 Å². The molecule has 1 saturated heterocycles. The van der Waals surface area contributed by atoms with Crippen LogP contribution in [0.2, 0.25) is 0 Å². The molecule has 1 aliphatic heterocycles. The van der Waals surface area contributed by atoms with Crippen molar-refractivity contribution in [3.63, 3.8) is 0 Å². The molecule has 2 rings (SSSR count). The minimum atomic E-state index is -0.347. The predicted molar refractivity (Wildman–Crippen MR) is 73.2 cm³/mol. The lowest BCUT2D eigenvalue weighted by molar-refractivity contribution is -0.130. The van der Waals surface area contributed by atoms with Crippen LogP contribution in [0.4, 0.5) is 0 Å². The Bertz CT molecular complexity index is 430. The van der Waals surface area contributed by atoms with Crippen LogP contribution in [0.25, 0.3) is 0 Å². The normalized spacial score (nSPS) is 20.4. The summed E-state index contributed by atoms with van der Waals surface area (Å²) >= 11 is 0. The average molecular weight is 263 g/mol. The van der Waals surface area contributed by atoms with Gasteiger partial charge in [-0.15, -0.1) is 0 Å². The Labute approximate surface area is 114 Å². The van der Waals surface area contributed by atoms with Gasteiger partial charge in [0.25, 0.3) is 0 Å². The van der Waals surface area contributed by atoms with Gasteiger partial charge < -0.3 is 14.7 Å². The number of likely N-dealkylation sites (tertiary alicyclic amines) is 1. The van der Waals surface area contributed by atoms with E-state index in [0.29, 0.717) is 25.9 Å². The van der Waals surface area contributed by atoms with Crippen LogP contribution >= 0.6 is 0 Å². The second kappa shape index (κ2) is 6.06. The molecule has 0 aliphatic carbocycles. The van der Waals surface area contributed by atoms with Gasteiger partial charge in [0.05, 0.1) is 13.2 Å². The quantitative estimate of drug-likeness (QED) is 0.901. The van der Waals surface area contributed by atoms with E-state index in [2.05, 4.69) is 0 Å². The van der Waals surface area contributed by atoms with Gasteiger partial charge >= 0.3 is 0 Å². The molecule has 1 heterocycles. The summed E-state index contributed by atoms with van der Waals surface area (Å²) in [4.78, 5) is 13.8. The summed E-state index contributed by atoms with van der Waals surface area (Å²) in [6.07, 6.45) is 0.835. The number of carbonyl (C=O) groups excluding carboxylic acids is 1. The zero-order chi connectivity index (χ0) is 13.8. The van der Waals surface area contributed by atoms with Crippen LogP contribution in [0.1, 0.15) is 31.2 Å². The molecule has 0 unspecified atom stereocenters. The molecule has 4 heteroatoms. The highest BCUT2D eigenvalue weighted by molar-refractivity contribution is 5.77. The molecule has 0 spiro atoms. The molecule has 1 aromatic rings. The van der Waals surface area contributed by atoms with Crippen LogP contribution in [-0.4, -0.2) is 42.2 Å². The number of ether oxygens (including phenoxy) is 1. The first kappa shape index (κ1) is 13.9. The monoisotopic (exact) mass is 263 g/mol. The van der Waals surface area contributed by atoms with E-state index in [4.69, 9.17) is 4.74 Å². The molecule has 19 heavy (non-hydrogen) atoms. The Morgan fingerprint density at radius 3 is 2.68 bits per heavy atom. The lowest BCUT2D eigenvalue weighted by atomic mass is 9.97. The van der Waals surface area contributed by atoms with Gasteiger partial charge in [-0.25, -0.2) is 0 Å². The number of hydrogen-bond donors (Lipinski definition) is 1. The van der Waals surface area contributed by atoms with Crippen LogP contribution in [0.15, 0.2) is 24.3 Å². The average Bonchev–Trinajstić information content (AvgIpc) is 2.85. The second-order valence-electron chi connectivity index (χ2n) is 5.16. The maximum atomic E-state index is 12.1. The SMILES string of the molecule is COc1ccc([C@H](C)CC(=O)N2CC[C@H](O)C2)cc1. The van der Waals surface area contributed by atoms with Gasteiger partial charge in [0.1, 0.15) is 5.75 Å². The highest BCUT2D eigenvalue weighted by Crippen LogP contribution is 2.23. The van der Waals surface area contributed by atoms with E-state index >= 15 is 0 Å². The van der Waals surface area contributed by atoms with Gasteiger partial charge in [-0.2, -0.15) is 0 Å². The van der Waals surface area contributed by atoms with Crippen molar-refractivity contribution in [2.45, 2.75) is 31.8 Å². The lowest BCUT2D eigenvalue weighted by Gasteiger charge is -2.19. The van der Waals surface area contributed by atoms with Gasteiger partial charge in [0.2, 0.25) is 5.91 Å². The van der Waals surface area contributed by atoms with E-state index < -0.39 is 0 Å². The number of β-amino-alcohol motifs (C(OH)–C–C–N with tert-alkyl or cyclic N) is 1. The molecule has 1 N–H and O–H groups in total.